The van der Waals surface area contributed by atoms with Crippen LogP contribution in [-0.4, -0.2) is 30.3 Å². The summed E-state index contributed by atoms with van der Waals surface area (Å²) in [5.41, 5.74) is 0.189. The Balaban J connectivity index is 2.54. The molecule has 0 unspecified atom stereocenters. The van der Waals surface area contributed by atoms with E-state index in [0.29, 0.717) is 6.42 Å². The first-order valence-corrected chi connectivity index (χ1v) is 7.39. The van der Waals surface area contributed by atoms with Gasteiger partial charge in [0.05, 0.1) is 12.7 Å². The van der Waals surface area contributed by atoms with Crippen molar-refractivity contribution in [2.45, 2.75) is 45.6 Å². The Kier molecular flexibility index (Phi) is 6.21. The van der Waals surface area contributed by atoms with Gasteiger partial charge in [-0.2, -0.15) is 0 Å². The number of nitrogens with one attached hydrogen (secondary N) is 1. The molecule has 0 bridgehead atoms. The molecule has 0 heterocycles. The van der Waals surface area contributed by atoms with Gasteiger partial charge in [0.1, 0.15) is 5.75 Å². The highest BCUT2D eigenvalue weighted by atomic mass is 16.5. The number of hydrogen-bond acceptors (Lipinski definition) is 3. The quantitative estimate of drug-likeness (QED) is 0.812. The number of carbonyl (C=O) groups is 1. The highest BCUT2D eigenvalue weighted by Gasteiger charge is 2.25. The van der Waals surface area contributed by atoms with Crippen LogP contribution in [0.3, 0.4) is 0 Å². The largest absolute Gasteiger partial charge is 0.497 e. The fraction of sp³-hybridized carbons (Fsp3) is 0.588. The van der Waals surface area contributed by atoms with E-state index in [4.69, 9.17) is 4.74 Å². The minimum atomic E-state index is -0.880. The number of aliphatic hydroxyl groups is 1. The number of rotatable bonds is 7. The molecule has 2 N–H and O–H groups in total. The Morgan fingerprint density at radius 3 is 2.62 bits per heavy atom. The first-order valence-electron chi connectivity index (χ1n) is 7.39. The van der Waals surface area contributed by atoms with Gasteiger partial charge in [0.15, 0.2) is 0 Å². The standard InChI is InChI=1S/C17H27NO3/c1-12(2)17(4,20)11-18-16(19)9-13(3)14-7-6-8-15(10-14)21-5/h6-8,10,12-13,20H,9,11H2,1-5H3,(H,18,19)/t13-,17-/m1/s1. The zero-order chi connectivity index (χ0) is 16.0. The van der Waals surface area contributed by atoms with Crippen LogP contribution in [0, 0.1) is 5.92 Å². The molecule has 0 aliphatic rings. The van der Waals surface area contributed by atoms with E-state index < -0.39 is 5.60 Å². The number of amides is 1. The molecule has 1 aromatic rings. The van der Waals surface area contributed by atoms with E-state index in [9.17, 15) is 9.90 Å². The van der Waals surface area contributed by atoms with Crippen LogP contribution >= 0.6 is 0 Å². The van der Waals surface area contributed by atoms with Gasteiger partial charge in [0.2, 0.25) is 5.91 Å². The molecule has 118 valence electrons. The molecule has 0 saturated heterocycles. The van der Waals surface area contributed by atoms with Crippen molar-refractivity contribution in [3.8, 4) is 5.75 Å². The maximum absolute atomic E-state index is 12.0. The van der Waals surface area contributed by atoms with E-state index in [2.05, 4.69) is 5.32 Å². The zero-order valence-corrected chi connectivity index (χ0v) is 13.6. The van der Waals surface area contributed by atoms with Gasteiger partial charge < -0.3 is 15.2 Å². The minimum Gasteiger partial charge on any atom is -0.497 e. The first kappa shape index (κ1) is 17.5. The summed E-state index contributed by atoms with van der Waals surface area (Å²) >= 11 is 0. The third-order valence-electron chi connectivity index (χ3n) is 4.04. The first-order chi connectivity index (χ1) is 9.76. The third-order valence-corrected chi connectivity index (χ3v) is 4.04. The lowest BCUT2D eigenvalue weighted by Gasteiger charge is -2.28. The fourth-order valence-corrected chi connectivity index (χ4v) is 1.90. The van der Waals surface area contributed by atoms with Gasteiger partial charge in [-0.05, 0) is 36.5 Å². The van der Waals surface area contributed by atoms with E-state index in [1.54, 1.807) is 14.0 Å². The van der Waals surface area contributed by atoms with E-state index in [0.717, 1.165) is 11.3 Å². The Hall–Kier alpha value is -1.55. The number of benzene rings is 1. The molecule has 21 heavy (non-hydrogen) atoms. The Morgan fingerprint density at radius 1 is 1.38 bits per heavy atom. The summed E-state index contributed by atoms with van der Waals surface area (Å²) in [4.78, 5) is 12.0. The van der Waals surface area contributed by atoms with Crippen molar-refractivity contribution >= 4 is 5.91 Å². The second-order valence-corrected chi connectivity index (χ2v) is 6.17. The molecule has 4 heteroatoms. The van der Waals surface area contributed by atoms with Crippen LogP contribution in [0.5, 0.6) is 5.75 Å². The lowest BCUT2D eigenvalue weighted by atomic mass is 9.92. The molecule has 0 saturated carbocycles. The van der Waals surface area contributed by atoms with Crippen molar-refractivity contribution < 1.29 is 14.6 Å². The van der Waals surface area contributed by atoms with Gasteiger partial charge in [-0.1, -0.05) is 32.9 Å². The topological polar surface area (TPSA) is 58.6 Å². The van der Waals surface area contributed by atoms with Crippen molar-refractivity contribution in [1.82, 2.24) is 5.32 Å². The average Bonchev–Trinajstić information content (AvgIpc) is 2.45. The number of hydrogen-bond donors (Lipinski definition) is 2. The van der Waals surface area contributed by atoms with Crippen molar-refractivity contribution in [3.05, 3.63) is 29.8 Å². The molecule has 4 nitrogen and oxygen atoms in total. The van der Waals surface area contributed by atoms with Crippen LogP contribution in [0.25, 0.3) is 0 Å². The summed E-state index contributed by atoms with van der Waals surface area (Å²) in [5, 5.41) is 12.9. The lowest BCUT2D eigenvalue weighted by Crippen LogP contribution is -2.44. The van der Waals surface area contributed by atoms with Crippen molar-refractivity contribution in [1.29, 1.82) is 0 Å². The van der Waals surface area contributed by atoms with Crippen molar-refractivity contribution in [2.24, 2.45) is 5.92 Å². The van der Waals surface area contributed by atoms with Crippen LogP contribution in [0.1, 0.15) is 45.6 Å². The summed E-state index contributed by atoms with van der Waals surface area (Å²) in [5.74, 6) is 0.937. The van der Waals surface area contributed by atoms with Gasteiger partial charge in [0, 0.05) is 13.0 Å². The van der Waals surface area contributed by atoms with E-state index in [-0.39, 0.29) is 24.3 Å². The maximum Gasteiger partial charge on any atom is 0.220 e. The fourth-order valence-electron chi connectivity index (χ4n) is 1.90. The molecule has 2 atom stereocenters. The average molecular weight is 293 g/mol. The maximum atomic E-state index is 12.0. The normalized spacial score (nSPS) is 15.4. The van der Waals surface area contributed by atoms with Gasteiger partial charge >= 0.3 is 0 Å². The molecule has 1 aromatic carbocycles. The minimum absolute atomic E-state index is 0.0498. The van der Waals surface area contributed by atoms with E-state index in [1.807, 2.05) is 45.0 Å². The highest BCUT2D eigenvalue weighted by Crippen LogP contribution is 2.23. The monoisotopic (exact) mass is 293 g/mol. The van der Waals surface area contributed by atoms with Crippen LogP contribution in [0.15, 0.2) is 24.3 Å². The van der Waals surface area contributed by atoms with E-state index in [1.165, 1.54) is 0 Å². The SMILES string of the molecule is COc1cccc([C@H](C)CC(=O)NC[C@@](C)(O)C(C)C)c1. The molecular weight excluding hydrogens is 266 g/mol. The Morgan fingerprint density at radius 2 is 2.05 bits per heavy atom. The van der Waals surface area contributed by atoms with Gasteiger partial charge in [-0.3, -0.25) is 4.79 Å². The van der Waals surface area contributed by atoms with E-state index >= 15 is 0 Å². The number of methoxy groups -OCH3 is 1. The second kappa shape index (κ2) is 7.46. The molecule has 1 rings (SSSR count). The molecular formula is C17H27NO3. The predicted molar refractivity (Wildman–Crippen MR) is 84.5 cm³/mol. The smallest absolute Gasteiger partial charge is 0.220 e. The molecule has 0 aromatic heterocycles. The lowest BCUT2D eigenvalue weighted by molar-refractivity contribution is -0.123. The third kappa shape index (κ3) is 5.38. The molecule has 1 amide bonds. The summed E-state index contributed by atoms with van der Waals surface area (Å²) in [6.45, 7) is 7.89. The molecule has 0 fully saturated rings. The molecule has 0 aliphatic carbocycles. The summed E-state index contributed by atoms with van der Waals surface area (Å²) in [6.07, 6.45) is 0.390. The molecule has 0 spiro atoms. The Labute approximate surface area is 127 Å². The van der Waals surface area contributed by atoms with Gasteiger partial charge in [-0.25, -0.2) is 0 Å². The molecule has 0 radical (unpaired) electrons. The highest BCUT2D eigenvalue weighted by molar-refractivity contribution is 5.76. The number of carbonyl (C=O) groups excluding carboxylic acids is 1. The summed E-state index contributed by atoms with van der Waals surface area (Å²) in [7, 11) is 1.63. The van der Waals surface area contributed by atoms with Crippen LogP contribution in [0.2, 0.25) is 0 Å². The molecule has 0 aliphatic heterocycles. The Bertz CT molecular complexity index is 469. The van der Waals surface area contributed by atoms with Crippen molar-refractivity contribution in [2.75, 3.05) is 13.7 Å². The number of ether oxygens (including phenoxy) is 1. The summed E-state index contributed by atoms with van der Waals surface area (Å²) in [6, 6.07) is 7.75. The van der Waals surface area contributed by atoms with Crippen LogP contribution < -0.4 is 10.1 Å². The van der Waals surface area contributed by atoms with Crippen LogP contribution in [0.4, 0.5) is 0 Å². The van der Waals surface area contributed by atoms with Gasteiger partial charge in [0.25, 0.3) is 0 Å². The predicted octanol–water partition coefficient (Wildman–Crippen LogP) is 2.71. The second-order valence-electron chi connectivity index (χ2n) is 6.17. The zero-order valence-electron chi connectivity index (χ0n) is 13.6. The van der Waals surface area contributed by atoms with Crippen molar-refractivity contribution in [3.63, 3.8) is 0 Å². The van der Waals surface area contributed by atoms with Gasteiger partial charge in [-0.15, -0.1) is 0 Å². The van der Waals surface area contributed by atoms with Crippen LogP contribution in [-0.2, 0) is 4.79 Å². The summed E-state index contributed by atoms with van der Waals surface area (Å²) < 4.78 is 5.19.